The third kappa shape index (κ3) is 11.4. The second-order valence-corrected chi connectivity index (χ2v) is 10.5. The molecule has 0 aromatic rings. The van der Waals surface area contributed by atoms with Crippen LogP contribution in [0.15, 0.2) is 0 Å². The molecule has 0 aromatic heterocycles. The number of hydrogen-bond acceptors (Lipinski definition) is 2. The van der Waals surface area contributed by atoms with Crippen LogP contribution in [0.2, 0.25) is 0 Å². The number of carbonyl (C=O) groups excluding carboxylic acids is 2. The number of amides is 2. The molecule has 2 N–H and O–H groups in total. The highest BCUT2D eigenvalue weighted by Gasteiger charge is 2.30. The maximum atomic E-state index is 12.6. The maximum Gasteiger partial charge on any atom is 0.222 e. The Labute approximate surface area is 168 Å². The summed E-state index contributed by atoms with van der Waals surface area (Å²) >= 11 is 0. The lowest BCUT2D eigenvalue weighted by molar-refractivity contribution is -0.128. The van der Waals surface area contributed by atoms with Gasteiger partial charge in [-0.2, -0.15) is 0 Å². The Morgan fingerprint density at radius 1 is 0.889 bits per heavy atom. The second kappa shape index (κ2) is 11.1. The van der Waals surface area contributed by atoms with E-state index >= 15 is 0 Å². The summed E-state index contributed by atoms with van der Waals surface area (Å²) in [6.07, 6.45) is 3.68. The van der Waals surface area contributed by atoms with Gasteiger partial charge < -0.3 is 10.6 Å². The largest absolute Gasteiger partial charge is 0.334 e. The number of hydrogen-bond donors (Lipinski definition) is 2. The van der Waals surface area contributed by atoms with Crippen LogP contribution < -0.4 is 10.6 Å². The highest BCUT2D eigenvalue weighted by atomic mass is 16.2. The fraction of sp³-hybridized carbons (Fsp3) is 0.913. The van der Waals surface area contributed by atoms with Gasteiger partial charge in [0.1, 0.15) is 5.66 Å². The number of carbonyl (C=O) groups is 2. The highest BCUT2D eigenvalue weighted by Crippen LogP contribution is 2.29. The van der Waals surface area contributed by atoms with Gasteiger partial charge in [0, 0.05) is 12.8 Å². The van der Waals surface area contributed by atoms with Gasteiger partial charge in [0.05, 0.1) is 0 Å². The summed E-state index contributed by atoms with van der Waals surface area (Å²) in [5, 5.41) is 6.13. The zero-order chi connectivity index (χ0) is 21.4. The summed E-state index contributed by atoms with van der Waals surface area (Å²) in [6.45, 7) is 21.3. The molecule has 0 radical (unpaired) electrons. The fourth-order valence-corrected chi connectivity index (χ4v) is 3.84. The molecule has 4 heteroatoms. The molecule has 3 unspecified atom stereocenters. The number of rotatable bonds is 12. The van der Waals surface area contributed by atoms with Gasteiger partial charge in [0.2, 0.25) is 11.8 Å². The predicted molar refractivity (Wildman–Crippen MR) is 115 cm³/mol. The average Bonchev–Trinajstić information content (AvgIpc) is 2.43. The normalized spacial score (nSPS) is 16.7. The van der Waals surface area contributed by atoms with Gasteiger partial charge in [0.25, 0.3) is 0 Å². The van der Waals surface area contributed by atoms with Crippen molar-refractivity contribution in [3.05, 3.63) is 0 Å². The molecule has 0 heterocycles. The molecule has 0 aromatic carbocycles. The molecule has 0 aliphatic rings. The van der Waals surface area contributed by atoms with E-state index in [1.807, 2.05) is 13.8 Å². The summed E-state index contributed by atoms with van der Waals surface area (Å²) < 4.78 is 0. The maximum absolute atomic E-state index is 12.6. The third-order valence-corrected chi connectivity index (χ3v) is 5.58. The lowest BCUT2D eigenvalue weighted by Gasteiger charge is -2.34. The quantitative estimate of drug-likeness (QED) is 0.437. The van der Waals surface area contributed by atoms with Crippen LogP contribution in [0.1, 0.15) is 101 Å². The van der Waals surface area contributed by atoms with Gasteiger partial charge in [-0.05, 0) is 55.3 Å². The molecule has 0 aliphatic carbocycles. The summed E-state index contributed by atoms with van der Waals surface area (Å²) in [6, 6.07) is 0. The monoisotopic (exact) mass is 382 g/mol. The van der Waals surface area contributed by atoms with Crippen LogP contribution in [0.3, 0.4) is 0 Å². The first-order valence-corrected chi connectivity index (χ1v) is 10.8. The summed E-state index contributed by atoms with van der Waals surface area (Å²) in [5.74, 6) is 2.15. The Morgan fingerprint density at radius 3 is 1.85 bits per heavy atom. The van der Waals surface area contributed by atoms with Gasteiger partial charge in [0.15, 0.2) is 0 Å². The van der Waals surface area contributed by atoms with Crippen molar-refractivity contribution in [1.29, 1.82) is 0 Å². The molecule has 160 valence electrons. The lowest BCUT2D eigenvalue weighted by atomic mass is 9.81. The van der Waals surface area contributed by atoms with Crippen LogP contribution in [0, 0.1) is 29.1 Å². The van der Waals surface area contributed by atoms with Crippen molar-refractivity contribution in [3.8, 4) is 0 Å². The molecule has 0 fully saturated rings. The molecular weight excluding hydrogens is 336 g/mol. The van der Waals surface area contributed by atoms with E-state index in [-0.39, 0.29) is 17.2 Å². The molecule has 4 nitrogen and oxygen atoms in total. The van der Waals surface area contributed by atoms with Crippen molar-refractivity contribution >= 4 is 11.8 Å². The van der Waals surface area contributed by atoms with E-state index in [1.54, 1.807) is 0 Å². The van der Waals surface area contributed by atoms with Crippen molar-refractivity contribution in [3.63, 3.8) is 0 Å². The van der Waals surface area contributed by atoms with Gasteiger partial charge in [-0.3, -0.25) is 9.59 Å². The first-order valence-electron chi connectivity index (χ1n) is 10.8. The number of nitrogens with one attached hydrogen (secondary N) is 2. The minimum absolute atomic E-state index is 0.00628. The zero-order valence-corrected chi connectivity index (χ0v) is 19.7. The van der Waals surface area contributed by atoms with E-state index in [1.165, 1.54) is 0 Å². The van der Waals surface area contributed by atoms with Crippen molar-refractivity contribution in [2.75, 3.05) is 0 Å². The van der Waals surface area contributed by atoms with Crippen LogP contribution in [-0.2, 0) is 9.59 Å². The predicted octanol–water partition coefficient (Wildman–Crippen LogP) is 5.52. The van der Waals surface area contributed by atoms with Crippen LogP contribution in [-0.4, -0.2) is 17.5 Å². The average molecular weight is 383 g/mol. The molecule has 3 atom stereocenters. The van der Waals surface area contributed by atoms with Crippen LogP contribution >= 0.6 is 0 Å². The van der Waals surface area contributed by atoms with Crippen molar-refractivity contribution in [2.45, 2.75) is 107 Å². The van der Waals surface area contributed by atoms with Crippen molar-refractivity contribution in [2.24, 2.45) is 29.1 Å². The molecular formula is C23H46N2O2. The fourth-order valence-electron chi connectivity index (χ4n) is 3.84. The van der Waals surface area contributed by atoms with E-state index in [9.17, 15) is 9.59 Å². The van der Waals surface area contributed by atoms with Gasteiger partial charge >= 0.3 is 0 Å². The zero-order valence-electron chi connectivity index (χ0n) is 19.7. The lowest BCUT2D eigenvalue weighted by Crippen LogP contribution is -2.58. The Morgan fingerprint density at radius 2 is 1.41 bits per heavy atom. The molecule has 2 amide bonds. The molecule has 0 saturated heterocycles. The second-order valence-electron chi connectivity index (χ2n) is 10.5. The highest BCUT2D eigenvalue weighted by molar-refractivity contribution is 5.80. The molecule has 27 heavy (non-hydrogen) atoms. The Kier molecular flexibility index (Phi) is 10.6. The first kappa shape index (κ1) is 25.9. The van der Waals surface area contributed by atoms with Gasteiger partial charge in [-0.15, -0.1) is 0 Å². The Balaban J connectivity index is 4.69. The van der Waals surface area contributed by atoms with E-state index in [0.717, 1.165) is 12.8 Å². The van der Waals surface area contributed by atoms with Crippen molar-refractivity contribution in [1.82, 2.24) is 10.6 Å². The standard InChI is InChI=1S/C23H46N2O2/c1-11-23(10,25-21(27)15-22(8,9)14-16(2)3)24-20(26)13-18(6)12-19(7)17(4)5/h16-19H,11-15H2,1-10H3,(H,24,26)(H,25,27). The Hall–Kier alpha value is -1.06. The molecule has 0 saturated carbocycles. The van der Waals surface area contributed by atoms with E-state index in [0.29, 0.717) is 42.9 Å². The first-order chi connectivity index (χ1) is 12.2. The van der Waals surface area contributed by atoms with Gasteiger partial charge in [-0.1, -0.05) is 62.3 Å². The Bertz CT molecular complexity index is 471. The van der Waals surface area contributed by atoms with E-state index in [4.69, 9.17) is 0 Å². The summed E-state index contributed by atoms with van der Waals surface area (Å²) in [5.41, 5.74) is -0.732. The summed E-state index contributed by atoms with van der Waals surface area (Å²) in [7, 11) is 0. The molecule has 0 rings (SSSR count). The van der Waals surface area contributed by atoms with Crippen LogP contribution in [0.25, 0.3) is 0 Å². The molecule has 0 spiro atoms. The third-order valence-electron chi connectivity index (χ3n) is 5.58. The molecule has 0 aliphatic heterocycles. The van der Waals surface area contributed by atoms with Crippen molar-refractivity contribution < 1.29 is 9.59 Å². The van der Waals surface area contributed by atoms with E-state index < -0.39 is 5.66 Å². The molecule has 0 bridgehead atoms. The van der Waals surface area contributed by atoms with Gasteiger partial charge in [-0.25, -0.2) is 0 Å². The smallest absolute Gasteiger partial charge is 0.222 e. The topological polar surface area (TPSA) is 58.2 Å². The minimum atomic E-state index is -0.689. The summed E-state index contributed by atoms with van der Waals surface area (Å²) in [4.78, 5) is 25.1. The van der Waals surface area contributed by atoms with Crippen LogP contribution in [0.4, 0.5) is 0 Å². The van der Waals surface area contributed by atoms with E-state index in [2.05, 4.69) is 66.0 Å². The SMILES string of the molecule is CCC(C)(NC(=O)CC(C)CC(C)C(C)C)NC(=O)CC(C)(C)CC(C)C. The van der Waals surface area contributed by atoms with Crippen LogP contribution in [0.5, 0.6) is 0 Å². The minimum Gasteiger partial charge on any atom is -0.334 e.